The molecule has 0 spiro atoms. The molecule has 3 aromatic rings. The van der Waals surface area contributed by atoms with Crippen molar-refractivity contribution in [1.29, 1.82) is 0 Å². The lowest BCUT2D eigenvalue weighted by Crippen LogP contribution is -2.38. The fourth-order valence-electron chi connectivity index (χ4n) is 3.14. The third-order valence-electron chi connectivity index (χ3n) is 4.70. The van der Waals surface area contributed by atoms with Gasteiger partial charge >= 0.3 is 6.03 Å². The summed E-state index contributed by atoms with van der Waals surface area (Å²) in [7, 11) is 0. The maximum absolute atomic E-state index is 11.9. The lowest BCUT2D eigenvalue weighted by atomic mass is 10.1. The number of urea groups is 1. The van der Waals surface area contributed by atoms with Crippen LogP contribution in [0, 0.1) is 0 Å². The average molecular weight is 441 g/mol. The second kappa shape index (κ2) is 10.3. The zero-order valence-corrected chi connectivity index (χ0v) is 17.9. The van der Waals surface area contributed by atoms with Crippen LogP contribution in [-0.4, -0.2) is 71.9 Å². The zero-order valence-electron chi connectivity index (χ0n) is 17.0. The molecule has 0 radical (unpaired) electrons. The van der Waals surface area contributed by atoms with Gasteiger partial charge in [-0.3, -0.25) is 15.2 Å². The molecule has 10 heteroatoms. The first kappa shape index (κ1) is 21.2. The summed E-state index contributed by atoms with van der Waals surface area (Å²) >= 11 is 1.30. The number of fused-ring (bicyclic) bond motifs is 1. The van der Waals surface area contributed by atoms with Crippen LogP contribution >= 0.6 is 11.3 Å². The van der Waals surface area contributed by atoms with Crippen molar-refractivity contribution in [3.8, 4) is 17.0 Å². The molecule has 0 aliphatic carbocycles. The van der Waals surface area contributed by atoms with Crippen molar-refractivity contribution in [3.05, 3.63) is 43.2 Å². The summed E-state index contributed by atoms with van der Waals surface area (Å²) in [6.07, 6.45) is 5.10. The smallest absolute Gasteiger partial charge is 0.321 e. The van der Waals surface area contributed by atoms with Gasteiger partial charge in [0.25, 0.3) is 0 Å². The van der Waals surface area contributed by atoms with Gasteiger partial charge in [-0.05, 0) is 12.1 Å². The highest BCUT2D eigenvalue weighted by Gasteiger charge is 2.16. The minimum atomic E-state index is -0.339. The third-order valence-corrected chi connectivity index (χ3v) is 5.58. The summed E-state index contributed by atoms with van der Waals surface area (Å²) in [6, 6.07) is 5.41. The number of amides is 2. The number of anilines is 1. The third kappa shape index (κ3) is 5.54. The summed E-state index contributed by atoms with van der Waals surface area (Å²) < 4.78 is 11.5. The normalized spacial score (nSPS) is 14.3. The van der Waals surface area contributed by atoms with Crippen LogP contribution in [0.3, 0.4) is 0 Å². The van der Waals surface area contributed by atoms with E-state index in [0.717, 1.165) is 44.0 Å². The second-order valence-corrected chi connectivity index (χ2v) is 7.83. The number of nitrogens with one attached hydrogen (secondary N) is 2. The Morgan fingerprint density at radius 1 is 1.35 bits per heavy atom. The van der Waals surface area contributed by atoms with Gasteiger partial charge in [0.1, 0.15) is 17.0 Å². The van der Waals surface area contributed by atoms with E-state index in [-0.39, 0.29) is 6.03 Å². The van der Waals surface area contributed by atoms with E-state index in [2.05, 4.69) is 32.1 Å². The molecule has 0 atom stereocenters. The second-order valence-electron chi connectivity index (χ2n) is 6.85. The number of nitrogens with zero attached hydrogens (tertiary/aromatic N) is 4. The van der Waals surface area contributed by atoms with Crippen LogP contribution in [0.4, 0.5) is 9.93 Å². The highest BCUT2D eigenvalue weighted by molar-refractivity contribution is 7.22. The van der Waals surface area contributed by atoms with Crippen molar-refractivity contribution in [3.63, 3.8) is 0 Å². The molecule has 4 rings (SSSR count). The highest BCUT2D eigenvalue weighted by atomic mass is 32.1. The molecule has 4 heterocycles. The van der Waals surface area contributed by atoms with Gasteiger partial charge in [0.2, 0.25) is 5.88 Å². The van der Waals surface area contributed by atoms with Gasteiger partial charge in [0.15, 0.2) is 5.13 Å². The molecule has 1 aliphatic rings. The number of carbonyl (C=O) groups is 1. The van der Waals surface area contributed by atoms with E-state index in [1.54, 1.807) is 18.5 Å². The van der Waals surface area contributed by atoms with Crippen LogP contribution in [-0.2, 0) is 4.74 Å². The lowest BCUT2D eigenvalue weighted by Gasteiger charge is -2.26. The molecule has 1 aliphatic heterocycles. The monoisotopic (exact) mass is 440 g/mol. The molecule has 0 aromatic carbocycles. The van der Waals surface area contributed by atoms with Gasteiger partial charge in [-0.25, -0.2) is 14.8 Å². The largest absolute Gasteiger partial charge is 0.476 e. The van der Waals surface area contributed by atoms with Crippen LogP contribution in [0.15, 0.2) is 43.2 Å². The fourth-order valence-corrected chi connectivity index (χ4v) is 3.95. The number of thiazole rings is 1. The molecule has 9 nitrogen and oxygen atoms in total. The first-order valence-electron chi connectivity index (χ1n) is 10.0. The molecule has 2 N–H and O–H groups in total. The number of hydrogen-bond acceptors (Lipinski definition) is 8. The van der Waals surface area contributed by atoms with Gasteiger partial charge in [0.05, 0.1) is 13.2 Å². The molecule has 0 bridgehead atoms. The van der Waals surface area contributed by atoms with Crippen LogP contribution in [0.5, 0.6) is 5.88 Å². The molecule has 1 fully saturated rings. The van der Waals surface area contributed by atoms with Crippen LogP contribution in [0.1, 0.15) is 0 Å². The Labute approximate surface area is 184 Å². The van der Waals surface area contributed by atoms with E-state index in [1.807, 2.05) is 18.2 Å². The van der Waals surface area contributed by atoms with Crippen molar-refractivity contribution >= 4 is 32.8 Å². The number of aromatic nitrogens is 3. The first-order valence-corrected chi connectivity index (χ1v) is 10.8. The van der Waals surface area contributed by atoms with E-state index in [0.29, 0.717) is 34.5 Å². The lowest BCUT2D eigenvalue weighted by molar-refractivity contribution is 0.0320. The topological polar surface area (TPSA) is 102 Å². The van der Waals surface area contributed by atoms with E-state index in [9.17, 15) is 4.79 Å². The molecule has 3 aromatic heterocycles. The Kier molecular flexibility index (Phi) is 7.03. The van der Waals surface area contributed by atoms with Crippen LogP contribution < -0.4 is 15.4 Å². The molecule has 0 saturated carbocycles. The molecule has 2 amide bonds. The highest BCUT2D eigenvalue weighted by Crippen LogP contribution is 2.34. The maximum atomic E-state index is 11.9. The summed E-state index contributed by atoms with van der Waals surface area (Å²) in [5.74, 6) is 0.528. The van der Waals surface area contributed by atoms with Crippen molar-refractivity contribution in [2.75, 3.05) is 51.3 Å². The van der Waals surface area contributed by atoms with Crippen LogP contribution in [0.25, 0.3) is 21.5 Å². The molecular formula is C21H24N6O3S. The van der Waals surface area contributed by atoms with Gasteiger partial charge in [-0.1, -0.05) is 23.5 Å². The number of ether oxygens (including phenoxy) is 2. The van der Waals surface area contributed by atoms with Crippen molar-refractivity contribution in [1.82, 2.24) is 25.2 Å². The van der Waals surface area contributed by atoms with E-state index >= 15 is 0 Å². The number of morpholine rings is 1. The van der Waals surface area contributed by atoms with Crippen molar-refractivity contribution < 1.29 is 14.3 Å². The maximum Gasteiger partial charge on any atom is 0.321 e. The number of hydrogen-bond donors (Lipinski definition) is 2. The fraction of sp³-hybridized carbons (Fsp3) is 0.333. The standard InChI is InChI=1S/C21H24N6O3S/c1-2-5-23-20(28)26-21-24-17-13-16(15-4-3-6-22-14-15)18(25-19(17)31-21)30-12-9-27-7-10-29-11-8-27/h2-4,6,13-14H,1,5,7-12H2,(H2,23,24,26,28). The van der Waals surface area contributed by atoms with Crippen molar-refractivity contribution in [2.24, 2.45) is 0 Å². The van der Waals surface area contributed by atoms with E-state index < -0.39 is 0 Å². The molecule has 0 unspecified atom stereocenters. The van der Waals surface area contributed by atoms with Gasteiger partial charge in [-0.2, -0.15) is 0 Å². The molecular weight excluding hydrogens is 416 g/mol. The van der Waals surface area contributed by atoms with E-state index in [1.165, 1.54) is 11.3 Å². The molecule has 162 valence electrons. The quantitative estimate of drug-likeness (QED) is 0.519. The van der Waals surface area contributed by atoms with Gasteiger partial charge in [-0.15, -0.1) is 6.58 Å². The summed E-state index contributed by atoms with van der Waals surface area (Å²) in [5.41, 5.74) is 2.39. The summed E-state index contributed by atoms with van der Waals surface area (Å²) in [5, 5.41) is 5.86. The predicted octanol–water partition coefficient (Wildman–Crippen LogP) is 2.77. The Bertz CT molecular complexity index is 1040. The Morgan fingerprint density at radius 2 is 2.23 bits per heavy atom. The minimum absolute atomic E-state index is 0.339. The van der Waals surface area contributed by atoms with Crippen LogP contribution in [0.2, 0.25) is 0 Å². The Hall–Kier alpha value is -3.08. The van der Waals surface area contributed by atoms with Gasteiger partial charge < -0.3 is 14.8 Å². The Balaban J connectivity index is 1.56. The first-order chi connectivity index (χ1) is 15.2. The zero-order chi connectivity index (χ0) is 21.5. The molecule has 31 heavy (non-hydrogen) atoms. The molecule has 1 saturated heterocycles. The van der Waals surface area contributed by atoms with Gasteiger partial charge in [0, 0.05) is 49.7 Å². The summed E-state index contributed by atoms with van der Waals surface area (Å²) in [4.78, 5) is 28.3. The number of rotatable bonds is 8. The SMILES string of the molecule is C=CCNC(=O)Nc1nc2cc(-c3cccnc3)c(OCCN3CCOCC3)nc2s1. The number of pyridine rings is 2. The number of carbonyl (C=O) groups excluding carboxylic acids is 1. The predicted molar refractivity (Wildman–Crippen MR) is 121 cm³/mol. The van der Waals surface area contributed by atoms with E-state index in [4.69, 9.17) is 14.5 Å². The average Bonchev–Trinajstić information content (AvgIpc) is 3.19. The Morgan fingerprint density at radius 3 is 3.00 bits per heavy atom. The van der Waals surface area contributed by atoms with Crippen molar-refractivity contribution in [2.45, 2.75) is 0 Å². The minimum Gasteiger partial charge on any atom is -0.476 e. The summed E-state index contributed by atoms with van der Waals surface area (Å²) in [6.45, 7) is 8.59.